The molecule has 0 radical (unpaired) electrons. The molecular formula is C12H24N2O2S. The van der Waals surface area contributed by atoms with Crippen LogP contribution in [0.4, 0.5) is 0 Å². The average Bonchev–Trinajstić information content (AvgIpc) is 2.20. The summed E-state index contributed by atoms with van der Waals surface area (Å²) < 4.78 is 23.4. The van der Waals surface area contributed by atoms with Crippen LogP contribution >= 0.6 is 0 Å². The Kier molecular flexibility index (Phi) is 4.10. The second kappa shape index (κ2) is 5.24. The third-order valence-electron chi connectivity index (χ3n) is 4.27. The number of nitrogens with two attached hydrogens (primary N) is 1. The Bertz CT molecular complexity index is 352. The standard InChI is InChI=1S/C12H24N2O2S/c13-9-12(6-2-8-17(15,16)10-12)14-7-5-11-3-1-4-11/h11,14H,1-10,13H2. The summed E-state index contributed by atoms with van der Waals surface area (Å²) in [5, 5.41) is 3.44. The number of hydrogen-bond donors (Lipinski definition) is 2. The quantitative estimate of drug-likeness (QED) is 0.762. The summed E-state index contributed by atoms with van der Waals surface area (Å²) in [7, 11) is -2.89. The third-order valence-corrected chi connectivity index (χ3v) is 6.18. The van der Waals surface area contributed by atoms with E-state index < -0.39 is 9.84 Å². The molecule has 1 aliphatic heterocycles. The summed E-state index contributed by atoms with van der Waals surface area (Å²) in [4.78, 5) is 0. The molecule has 2 fully saturated rings. The van der Waals surface area contributed by atoms with E-state index in [0.29, 0.717) is 12.3 Å². The Morgan fingerprint density at radius 2 is 2.06 bits per heavy atom. The molecule has 1 aliphatic carbocycles. The molecule has 1 unspecified atom stereocenters. The minimum absolute atomic E-state index is 0.223. The molecule has 0 bridgehead atoms. The van der Waals surface area contributed by atoms with Crippen LogP contribution in [0.25, 0.3) is 0 Å². The molecule has 1 saturated heterocycles. The van der Waals surface area contributed by atoms with Gasteiger partial charge in [0.15, 0.2) is 9.84 Å². The third kappa shape index (κ3) is 3.42. The van der Waals surface area contributed by atoms with Crippen molar-refractivity contribution in [1.29, 1.82) is 0 Å². The van der Waals surface area contributed by atoms with E-state index in [-0.39, 0.29) is 11.3 Å². The molecular weight excluding hydrogens is 236 g/mol. The highest BCUT2D eigenvalue weighted by Crippen LogP contribution is 2.29. The Morgan fingerprint density at radius 1 is 1.29 bits per heavy atom. The number of rotatable bonds is 5. The molecule has 2 aliphatic rings. The van der Waals surface area contributed by atoms with Crippen molar-refractivity contribution >= 4 is 9.84 Å². The summed E-state index contributed by atoms with van der Waals surface area (Å²) >= 11 is 0. The van der Waals surface area contributed by atoms with Gasteiger partial charge in [-0.25, -0.2) is 8.42 Å². The number of nitrogens with one attached hydrogen (secondary N) is 1. The highest BCUT2D eigenvalue weighted by molar-refractivity contribution is 7.91. The van der Waals surface area contributed by atoms with Crippen molar-refractivity contribution in [3.05, 3.63) is 0 Å². The number of hydrogen-bond acceptors (Lipinski definition) is 4. The van der Waals surface area contributed by atoms with E-state index in [1.807, 2.05) is 0 Å². The van der Waals surface area contributed by atoms with Gasteiger partial charge in [-0.05, 0) is 31.7 Å². The van der Waals surface area contributed by atoms with Crippen LogP contribution in [0.1, 0.15) is 38.5 Å². The first-order valence-electron chi connectivity index (χ1n) is 6.71. The zero-order chi connectivity index (χ0) is 12.4. The minimum Gasteiger partial charge on any atom is -0.329 e. The van der Waals surface area contributed by atoms with Crippen LogP contribution in [-0.4, -0.2) is 38.6 Å². The monoisotopic (exact) mass is 260 g/mol. The van der Waals surface area contributed by atoms with Crippen molar-refractivity contribution in [3.8, 4) is 0 Å². The van der Waals surface area contributed by atoms with E-state index in [9.17, 15) is 8.42 Å². The van der Waals surface area contributed by atoms with Crippen LogP contribution in [0.15, 0.2) is 0 Å². The van der Waals surface area contributed by atoms with Gasteiger partial charge in [0, 0.05) is 12.1 Å². The second-order valence-electron chi connectivity index (χ2n) is 5.69. The highest BCUT2D eigenvalue weighted by atomic mass is 32.2. The molecule has 0 aromatic rings. The molecule has 0 aromatic heterocycles. The molecule has 2 rings (SSSR count). The maximum absolute atomic E-state index is 11.7. The molecule has 1 heterocycles. The molecule has 0 amide bonds. The lowest BCUT2D eigenvalue weighted by atomic mass is 9.83. The lowest BCUT2D eigenvalue weighted by Crippen LogP contribution is -2.58. The summed E-state index contributed by atoms with van der Waals surface area (Å²) in [5.41, 5.74) is 5.45. The summed E-state index contributed by atoms with van der Waals surface area (Å²) in [6.45, 7) is 1.34. The van der Waals surface area contributed by atoms with Crippen molar-refractivity contribution in [1.82, 2.24) is 5.32 Å². The first kappa shape index (κ1) is 13.3. The molecule has 100 valence electrons. The zero-order valence-electron chi connectivity index (χ0n) is 10.5. The van der Waals surface area contributed by atoms with Gasteiger partial charge in [-0.2, -0.15) is 0 Å². The fourth-order valence-corrected chi connectivity index (χ4v) is 4.83. The Hall–Kier alpha value is -0.130. The largest absolute Gasteiger partial charge is 0.329 e. The van der Waals surface area contributed by atoms with Gasteiger partial charge < -0.3 is 11.1 Å². The first-order valence-corrected chi connectivity index (χ1v) is 8.53. The molecule has 0 aromatic carbocycles. The zero-order valence-corrected chi connectivity index (χ0v) is 11.3. The van der Waals surface area contributed by atoms with Crippen molar-refractivity contribution in [2.45, 2.75) is 44.1 Å². The van der Waals surface area contributed by atoms with E-state index >= 15 is 0 Å². The minimum atomic E-state index is -2.89. The van der Waals surface area contributed by atoms with Gasteiger partial charge in [-0.15, -0.1) is 0 Å². The Balaban J connectivity index is 1.84. The van der Waals surface area contributed by atoms with Gasteiger partial charge in [-0.3, -0.25) is 0 Å². The van der Waals surface area contributed by atoms with E-state index in [1.54, 1.807) is 0 Å². The molecule has 1 saturated carbocycles. The summed E-state index contributed by atoms with van der Waals surface area (Å²) in [6, 6.07) is 0. The van der Waals surface area contributed by atoms with Crippen LogP contribution in [0.5, 0.6) is 0 Å². The SMILES string of the molecule is NCC1(NCCC2CCC2)CCCS(=O)(=O)C1. The van der Waals surface area contributed by atoms with Crippen LogP contribution in [-0.2, 0) is 9.84 Å². The second-order valence-corrected chi connectivity index (χ2v) is 7.88. The average molecular weight is 260 g/mol. The van der Waals surface area contributed by atoms with Crippen LogP contribution < -0.4 is 11.1 Å². The van der Waals surface area contributed by atoms with E-state index in [4.69, 9.17) is 5.73 Å². The maximum Gasteiger partial charge on any atom is 0.152 e. The van der Waals surface area contributed by atoms with Crippen LogP contribution in [0, 0.1) is 5.92 Å². The molecule has 3 N–H and O–H groups in total. The predicted octanol–water partition coefficient (Wildman–Crippen LogP) is 0.672. The van der Waals surface area contributed by atoms with Crippen molar-refractivity contribution < 1.29 is 8.42 Å². The van der Waals surface area contributed by atoms with E-state index in [2.05, 4.69) is 5.32 Å². The Labute approximate surface area is 104 Å². The Morgan fingerprint density at radius 3 is 2.59 bits per heavy atom. The molecule has 17 heavy (non-hydrogen) atoms. The van der Waals surface area contributed by atoms with Gasteiger partial charge in [-0.1, -0.05) is 19.3 Å². The van der Waals surface area contributed by atoms with Gasteiger partial charge in [0.05, 0.1) is 11.5 Å². The lowest BCUT2D eigenvalue weighted by Gasteiger charge is -2.37. The van der Waals surface area contributed by atoms with Crippen molar-refractivity contribution in [3.63, 3.8) is 0 Å². The fraction of sp³-hybridized carbons (Fsp3) is 1.00. The van der Waals surface area contributed by atoms with Gasteiger partial charge in [0.2, 0.25) is 0 Å². The molecule has 5 heteroatoms. The van der Waals surface area contributed by atoms with E-state index in [1.165, 1.54) is 25.7 Å². The maximum atomic E-state index is 11.7. The molecule has 0 spiro atoms. The fourth-order valence-electron chi connectivity index (χ4n) is 2.89. The number of sulfone groups is 1. The van der Waals surface area contributed by atoms with Crippen molar-refractivity contribution in [2.24, 2.45) is 11.7 Å². The molecule has 1 atom stereocenters. The lowest BCUT2D eigenvalue weighted by molar-refractivity contribution is 0.263. The normalized spacial score (nSPS) is 33.2. The van der Waals surface area contributed by atoms with Gasteiger partial charge >= 0.3 is 0 Å². The van der Waals surface area contributed by atoms with Crippen LogP contribution in [0.3, 0.4) is 0 Å². The summed E-state index contributed by atoms with van der Waals surface area (Å²) in [5.74, 6) is 1.41. The first-order chi connectivity index (χ1) is 8.05. The van der Waals surface area contributed by atoms with Gasteiger partial charge in [0.25, 0.3) is 0 Å². The predicted molar refractivity (Wildman–Crippen MR) is 69.6 cm³/mol. The van der Waals surface area contributed by atoms with Crippen molar-refractivity contribution in [2.75, 3.05) is 24.6 Å². The van der Waals surface area contributed by atoms with Crippen LogP contribution in [0.2, 0.25) is 0 Å². The smallest absolute Gasteiger partial charge is 0.152 e. The van der Waals surface area contributed by atoms with E-state index in [0.717, 1.165) is 25.3 Å². The topological polar surface area (TPSA) is 72.2 Å². The summed E-state index contributed by atoms with van der Waals surface area (Å²) in [6.07, 6.45) is 6.86. The highest BCUT2D eigenvalue weighted by Gasteiger charge is 2.37. The molecule has 4 nitrogen and oxygen atoms in total. The van der Waals surface area contributed by atoms with Gasteiger partial charge in [0.1, 0.15) is 0 Å².